The first-order valence-electron chi connectivity index (χ1n) is 6.69. The third kappa shape index (κ3) is 2.63. The predicted molar refractivity (Wildman–Crippen MR) is 84.5 cm³/mol. The Kier molecular flexibility index (Phi) is 3.60. The molecule has 0 bridgehead atoms. The number of carbonyl (C=O) groups is 1. The number of hydrogen-bond donors (Lipinski definition) is 4. The van der Waals surface area contributed by atoms with Crippen molar-refractivity contribution >= 4 is 32.7 Å². The molecule has 0 aliphatic heterocycles. The van der Waals surface area contributed by atoms with Gasteiger partial charge < -0.3 is 10.2 Å². The molecule has 3 rings (SSSR count). The van der Waals surface area contributed by atoms with E-state index >= 15 is 0 Å². The van der Waals surface area contributed by atoms with E-state index in [2.05, 4.69) is 19.9 Å². The first-order valence-corrected chi connectivity index (χ1v) is 8.18. The van der Waals surface area contributed by atoms with Gasteiger partial charge >= 0.3 is 5.97 Å². The fourth-order valence-electron chi connectivity index (χ4n) is 2.26. The molecule has 0 amide bonds. The molecule has 0 aliphatic carbocycles. The summed E-state index contributed by atoms with van der Waals surface area (Å²) in [4.78, 5) is 14.2. The number of aromatic nitrogens is 3. The highest BCUT2D eigenvalue weighted by molar-refractivity contribution is 7.93. The second-order valence-electron chi connectivity index (χ2n) is 5.00. The molecule has 0 atom stereocenters. The Balaban J connectivity index is 2.11. The summed E-state index contributed by atoms with van der Waals surface area (Å²) < 4.78 is 27.4. The maximum absolute atomic E-state index is 12.6. The van der Waals surface area contributed by atoms with Crippen LogP contribution in [-0.4, -0.2) is 39.8 Å². The molecule has 24 heavy (non-hydrogen) atoms. The van der Waals surface area contributed by atoms with Gasteiger partial charge in [-0.25, -0.2) is 17.9 Å². The van der Waals surface area contributed by atoms with Crippen molar-refractivity contribution in [3.63, 3.8) is 0 Å². The number of aryl methyl sites for hydroxylation is 1. The van der Waals surface area contributed by atoms with Gasteiger partial charge in [0, 0.05) is 10.8 Å². The normalized spacial score (nSPS) is 11.5. The Hall–Kier alpha value is -3.14. The topological polar surface area (TPSA) is 145 Å². The van der Waals surface area contributed by atoms with Crippen molar-refractivity contribution in [2.45, 2.75) is 11.8 Å². The number of phenolic OH excluding ortho intramolecular Hbond substituents is 1. The minimum Gasteiger partial charge on any atom is -0.507 e. The van der Waals surface area contributed by atoms with Crippen LogP contribution >= 0.6 is 0 Å². The summed E-state index contributed by atoms with van der Waals surface area (Å²) in [6.45, 7) is 1.58. The number of aromatic carboxylic acids is 1. The van der Waals surface area contributed by atoms with Gasteiger partial charge in [0.15, 0.2) is 0 Å². The number of carboxylic acid groups (broad SMARTS) is 1. The lowest BCUT2D eigenvalue weighted by atomic mass is 10.1. The van der Waals surface area contributed by atoms with E-state index in [0.717, 1.165) is 0 Å². The zero-order valence-corrected chi connectivity index (χ0v) is 13.1. The van der Waals surface area contributed by atoms with Gasteiger partial charge in [-0.15, -0.1) is 5.10 Å². The highest BCUT2D eigenvalue weighted by atomic mass is 32.2. The molecule has 0 fully saturated rings. The molecule has 0 saturated heterocycles. The van der Waals surface area contributed by atoms with E-state index in [1.165, 1.54) is 6.07 Å². The number of benzene rings is 2. The van der Waals surface area contributed by atoms with Gasteiger partial charge in [0.2, 0.25) is 5.82 Å². The third-order valence-corrected chi connectivity index (χ3v) is 4.74. The summed E-state index contributed by atoms with van der Waals surface area (Å²) in [6.07, 6.45) is 0. The van der Waals surface area contributed by atoms with Crippen LogP contribution in [-0.2, 0) is 10.0 Å². The molecular weight excluding hydrogens is 336 g/mol. The summed E-state index contributed by atoms with van der Waals surface area (Å²) in [6, 6.07) is 7.81. The van der Waals surface area contributed by atoms with E-state index in [-0.39, 0.29) is 16.6 Å². The van der Waals surface area contributed by atoms with Gasteiger partial charge in [-0.2, -0.15) is 4.98 Å². The number of phenols is 1. The van der Waals surface area contributed by atoms with Crippen LogP contribution < -0.4 is 4.72 Å². The highest BCUT2D eigenvalue weighted by Gasteiger charge is 2.22. The van der Waals surface area contributed by atoms with Crippen LogP contribution in [0.15, 0.2) is 35.2 Å². The van der Waals surface area contributed by atoms with Crippen molar-refractivity contribution in [3.05, 3.63) is 41.7 Å². The van der Waals surface area contributed by atoms with Gasteiger partial charge in [-0.05, 0) is 18.6 Å². The van der Waals surface area contributed by atoms with Crippen LogP contribution in [0.1, 0.15) is 16.2 Å². The number of nitrogens with one attached hydrogen (secondary N) is 2. The fraction of sp³-hybridized carbons (Fsp3) is 0.0714. The summed E-state index contributed by atoms with van der Waals surface area (Å²) in [5, 5.41) is 25.2. The van der Waals surface area contributed by atoms with Gasteiger partial charge in [0.25, 0.3) is 16.0 Å². The average Bonchev–Trinajstić information content (AvgIpc) is 2.99. The minimum atomic E-state index is -4.09. The zero-order valence-electron chi connectivity index (χ0n) is 12.3. The number of carboxylic acids is 1. The Bertz CT molecular complexity index is 1060. The molecule has 2 aromatic carbocycles. The van der Waals surface area contributed by atoms with Crippen LogP contribution in [0.25, 0.3) is 10.8 Å². The van der Waals surface area contributed by atoms with Crippen LogP contribution in [0.3, 0.4) is 0 Å². The van der Waals surface area contributed by atoms with Crippen molar-refractivity contribution in [3.8, 4) is 5.75 Å². The molecule has 0 saturated carbocycles. The fourth-order valence-corrected chi connectivity index (χ4v) is 3.50. The lowest BCUT2D eigenvalue weighted by molar-refractivity contribution is 0.0684. The molecule has 10 heteroatoms. The summed E-state index contributed by atoms with van der Waals surface area (Å²) in [5.74, 6) is -2.24. The van der Waals surface area contributed by atoms with Gasteiger partial charge in [-0.3, -0.25) is 5.10 Å². The average molecular weight is 348 g/mol. The number of aromatic amines is 1. The summed E-state index contributed by atoms with van der Waals surface area (Å²) in [7, 11) is -4.09. The zero-order chi connectivity index (χ0) is 17.5. The van der Waals surface area contributed by atoms with Crippen LogP contribution in [0.2, 0.25) is 0 Å². The van der Waals surface area contributed by atoms with Crippen molar-refractivity contribution in [2.24, 2.45) is 0 Å². The number of anilines is 1. The molecule has 1 aromatic heterocycles. The Labute approximate surface area is 136 Å². The molecule has 3 aromatic rings. The number of H-pyrrole nitrogens is 1. The van der Waals surface area contributed by atoms with Crippen LogP contribution in [0.4, 0.5) is 5.95 Å². The lowest BCUT2D eigenvalue weighted by Crippen LogP contribution is -2.15. The minimum absolute atomic E-state index is 0.00407. The first-order chi connectivity index (χ1) is 11.3. The first kappa shape index (κ1) is 15.7. The smallest absolute Gasteiger partial charge is 0.373 e. The van der Waals surface area contributed by atoms with E-state index in [4.69, 9.17) is 5.11 Å². The van der Waals surface area contributed by atoms with Gasteiger partial charge in [0.1, 0.15) is 5.75 Å². The second-order valence-corrected chi connectivity index (χ2v) is 6.65. The van der Waals surface area contributed by atoms with E-state index in [1.807, 2.05) is 0 Å². The quantitative estimate of drug-likeness (QED) is 0.558. The van der Waals surface area contributed by atoms with Crippen molar-refractivity contribution in [2.75, 3.05) is 4.72 Å². The standard InChI is InChI=1S/C14H12N4O5S/c1-7-6-10(8-4-2-3-5-9(8)11(7)19)24(22,23)18-14-15-12(13(20)21)16-17-14/h2-6,19H,1H3,(H,20,21)(H2,15,16,17,18). The summed E-state index contributed by atoms with van der Waals surface area (Å²) in [5.41, 5.74) is 0.385. The number of hydrogen-bond acceptors (Lipinski definition) is 6. The third-order valence-electron chi connectivity index (χ3n) is 3.37. The number of nitrogens with zero attached hydrogens (tertiary/aromatic N) is 2. The Morgan fingerprint density at radius 1 is 1.25 bits per heavy atom. The highest BCUT2D eigenvalue weighted by Crippen LogP contribution is 2.33. The number of fused-ring (bicyclic) bond motifs is 1. The number of rotatable bonds is 4. The maximum Gasteiger partial charge on any atom is 0.373 e. The van der Waals surface area contributed by atoms with Crippen molar-refractivity contribution in [1.82, 2.24) is 15.2 Å². The van der Waals surface area contributed by atoms with E-state index in [0.29, 0.717) is 16.3 Å². The molecule has 1 heterocycles. The SMILES string of the molecule is Cc1cc(S(=O)(=O)Nc2n[nH]c(C(=O)O)n2)c2ccccc2c1O. The molecule has 124 valence electrons. The molecule has 0 radical (unpaired) electrons. The largest absolute Gasteiger partial charge is 0.507 e. The van der Waals surface area contributed by atoms with Gasteiger partial charge in [0.05, 0.1) is 4.90 Å². The number of aromatic hydroxyl groups is 1. The molecular formula is C14H12N4O5S. The Morgan fingerprint density at radius 2 is 1.92 bits per heavy atom. The predicted octanol–water partition coefficient (Wildman–Crippen LogP) is 1.47. The maximum atomic E-state index is 12.6. The van der Waals surface area contributed by atoms with E-state index < -0.39 is 21.8 Å². The number of sulfonamides is 1. The molecule has 0 unspecified atom stereocenters. The van der Waals surface area contributed by atoms with Crippen molar-refractivity contribution in [1.29, 1.82) is 0 Å². The Morgan fingerprint density at radius 3 is 2.54 bits per heavy atom. The second kappa shape index (κ2) is 5.49. The molecule has 9 nitrogen and oxygen atoms in total. The summed E-state index contributed by atoms with van der Waals surface area (Å²) >= 11 is 0. The molecule has 0 spiro atoms. The van der Waals surface area contributed by atoms with Crippen molar-refractivity contribution < 1.29 is 23.4 Å². The molecule has 0 aliphatic rings. The van der Waals surface area contributed by atoms with E-state index in [9.17, 15) is 18.3 Å². The van der Waals surface area contributed by atoms with E-state index in [1.54, 1.807) is 31.2 Å². The lowest BCUT2D eigenvalue weighted by Gasteiger charge is -2.11. The van der Waals surface area contributed by atoms with Gasteiger partial charge in [-0.1, -0.05) is 24.3 Å². The monoisotopic (exact) mass is 348 g/mol. The molecule has 4 N–H and O–H groups in total. The van der Waals surface area contributed by atoms with Crippen LogP contribution in [0.5, 0.6) is 5.75 Å². The van der Waals surface area contributed by atoms with Crippen LogP contribution in [0, 0.1) is 6.92 Å².